The molecule has 1 aromatic carbocycles. The van der Waals surface area contributed by atoms with Crippen molar-refractivity contribution in [2.75, 3.05) is 17.7 Å². The first kappa shape index (κ1) is 13.3. The molecule has 1 heterocycles. The summed E-state index contributed by atoms with van der Waals surface area (Å²) in [6, 6.07) is 7.67. The fraction of sp³-hybridized carbons (Fsp3) is 0.167. The standard InChI is InChI=1S/C12H12IN3OS/c1-7-10(12(14-2)18-16-7)11(17)15-9-5-3-8(13)4-6-9/h3-6,14H,1-2H3,(H,15,17). The molecule has 0 atom stereocenters. The Hall–Kier alpha value is -1.15. The summed E-state index contributed by atoms with van der Waals surface area (Å²) in [6.45, 7) is 1.83. The number of benzene rings is 1. The monoisotopic (exact) mass is 373 g/mol. The first-order valence-electron chi connectivity index (χ1n) is 5.32. The van der Waals surface area contributed by atoms with Gasteiger partial charge in [-0.05, 0) is 65.3 Å². The van der Waals surface area contributed by atoms with Crippen LogP contribution in [0.5, 0.6) is 0 Å². The summed E-state index contributed by atoms with van der Waals surface area (Å²) in [4.78, 5) is 12.2. The third-order valence-electron chi connectivity index (χ3n) is 2.42. The fourth-order valence-electron chi connectivity index (χ4n) is 1.53. The molecule has 0 saturated carbocycles. The molecule has 0 aliphatic rings. The van der Waals surface area contributed by atoms with E-state index in [0.29, 0.717) is 5.56 Å². The highest BCUT2D eigenvalue weighted by Gasteiger charge is 2.17. The van der Waals surface area contributed by atoms with Crippen LogP contribution in [0.25, 0.3) is 0 Å². The van der Waals surface area contributed by atoms with Crippen LogP contribution in [-0.2, 0) is 0 Å². The van der Waals surface area contributed by atoms with E-state index in [4.69, 9.17) is 0 Å². The predicted molar refractivity (Wildman–Crippen MR) is 83.5 cm³/mol. The Bertz CT molecular complexity index is 565. The van der Waals surface area contributed by atoms with Crippen LogP contribution >= 0.6 is 34.1 Å². The summed E-state index contributed by atoms with van der Waals surface area (Å²) in [5, 5.41) is 6.65. The van der Waals surface area contributed by atoms with E-state index < -0.39 is 0 Å². The first-order chi connectivity index (χ1) is 8.61. The van der Waals surface area contributed by atoms with Gasteiger partial charge in [-0.2, -0.15) is 4.37 Å². The van der Waals surface area contributed by atoms with Crippen molar-refractivity contribution in [3.8, 4) is 0 Å². The summed E-state index contributed by atoms with van der Waals surface area (Å²) in [5.74, 6) is -0.133. The molecule has 2 N–H and O–H groups in total. The van der Waals surface area contributed by atoms with E-state index in [0.717, 1.165) is 20.0 Å². The van der Waals surface area contributed by atoms with E-state index in [-0.39, 0.29) is 5.91 Å². The third kappa shape index (κ3) is 2.81. The van der Waals surface area contributed by atoms with Crippen molar-refractivity contribution in [2.24, 2.45) is 0 Å². The minimum atomic E-state index is -0.133. The Kier molecular flexibility index (Phi) is 4.18. The third-order valence-corrected chi connectivity index (χ3v) is 4.09. The van der Waals surface area contributed by atoms with Crippen molar-refractivity contribution >= 4 is 50.7 Å². The maximum atomic E-state index is 12.2. The largest absolute Gasteiger partial charge is 0.378 e. The number of nitrogens with zero attached hydrogens (tertiary/aromatic N) is 1. The smallest absolute Gasteiger partial charge is 0.260 e. The maximum Gasteiger partial charge on any atom is 0.260 e. The molecular weight excluding hydrogens is 361 g/mol. The molecule has 0 saturated heterocycles. The molecule has 1 aromatic heterocycles. The molecule has 1 amide bonds. The van der Waals surface area contributed by atoms with Gasteiger partial charge >= 0.3 is 0 Å². The number of aromatic nitrogens is 1. The number of hydrogen-bond acceptors (Lipinski definition) is 4. The Balaban J connectivity index is 2.21. The van der Waals surface area contributed by atoms with Gasteiger partial charge in [0.05, 0.1) is 11.3 Å². The lowest BCUT2D eigenvalue weighted by Crippen LogP contribution is -2.13. The average molecular weight is 373 g/mol. The van der Waals surface area contributed by atoms with Crippen LogP contribution in [-0.4, -0.2) is 17.3 Å². The van der Waals surface area contributed by atoms with Crippen molar-refractivity contribution in [2.45, 2.75) is 6.92 Å². The van der Waals surface area contributed by atoms with Gasteiger partial charge in [-0.25, -0.2) is 0 Å². The van der Waals surface area contributed by atoms with E-state index in [9.17, 15) is 4.79 Å². The van der Waals surface area contributed by atoms with Crippen molar-refractivity contribution in [1.29, 1.82) is 0 Å². The van der Waals surface area contributed by atoms with Crippen molar-refractivity contribution in [3.63, 3.8) is 0 Å². The zero-order valence-corrected chi connectivity index (χ0v) is 12.9. The van der Waals surface area contributed by atoms with Crippen LogP contribution in [0.15, 0.2) is 24.3 Å². The number of anilines is 2. The number of carbonyl (C=O) groups excluding carboxylic acids is 1. The average Bonchev–Trinajstić information content (AvgIpc) is 2.73. The highest BCUT2D eigenvalue weighted by atomic mass is 127. The number of hydrogen-bond donors (Lipinski definition) is 2. The number of nitrogens with one attached hydrogen (secondary N) is 2. The van der Waals surface area contributed by atoms with Crippen LogP contribution in [0, 0.1) is 10.5 Å². The van der Waals surface area contributed by atoms with Gasteiger partial charge in [0.2, 0.25) is 0 Å². The normalized spacial score (nSPS) is 10.2. The van der Waals surface area contributed by atoms with Gasteiger partial charge in [0.15, 0.2) is 0 Å². The fourth-order valence-corrected chi connectivity index (χ4v) is 2.64. The van der Waals surface area contributed by atoms with Gasteiger partial charge in [-0.15, -0.1) is 0 Å². The molecular formula is C12H12IN3OS. The summed E-state index contributed by atoms with van der Waals surface area (Å²) in [5.41, 5.74) is 2.14. The van der Waals surface area contributed by atoms with Crippen LogP contribution in [0.2, 0.25) is 0 Å². The second kappa shape index (κ2) is 5.66. The minimum absolute atomic E-state index is 0.133. The van der Waals surface area contributed by atoms with Gasteiger partial charge in [-0.3, -0.25) is 4.79 Å². The number of carbonyl (C=O) groups is 1. The van der Waals surface area contributed by atoms with Crippen LogP contribution in [0.1, 0.15) is 16.1 Å². The Morgan fingerprint density at radius 3 is 2.61 bits per heavy atom. The van der Waals surface area contributed by atoms with Crippen LogP contribution < -0.4 is 10.6 Å². The highest BCUT2D eigenvalue weighted by molar-refractivity contribution is 14.1. The lowest BCUT2D eigenvalue weighted by molar-refractivity contribution is 0.102. The topological polar surface area (TPSA) is 54.0 Å². The number of aryl methyl sites for hydroxylation is 1. The molecule has 0 aliphatic heterocycles. The second-order valence-electron chi connectivity index (χ2n) is 3.68. The Morgan fingerprint density at radius 2 is 2.00 bits per heavy atom. The van der Waals surface area contributed by atoms with Crippen molar-refractivity contribution < 1.29 is 4.79 Å². The second-order valence-corrected chi connectivity index (χ2v) is 5.70. The molecule has 18 heavy (non-hydrogen) atoms. The van der Waals surface area contributed by atoms with E-state index in [1.807, 2.05) is 31.2 Å². The lowest BCUT2D eigenvalue weighted by atomic mass is 10.2. The van der Waals surface area contributed by atoms with Gasteiger partial charge in [0.25, 0.3) is 5.91 Å². The van der Waals surface area contributed by atoms with E-state index >= 15 is 0 Å². The molecule has 0 spiro atoms. The summed E-state index contributed by atoms with van der Waals surface area (Å²) < 4.78 is 5.32. The zero-order valence-electron chi connectivity index (χ0n) is 9.95. The zero-order chi connectivity index (χ0) is 13.1. The molecule has 0 radical (unpaired) electrons. The molecule has 2 aromatic rings. The molecule has 0 unspecified atom stereocenters. The summed E-state index contributed by atoms with van der Waals surface area (Å²) in [7, 11) is 1.79. The Labute approximate surface area is 123 Å². The van der Waals surface area contributed by atoms with E-state index in [1.54, 1.807) is 7.05 Å². The summed E-state index contributed by atoms with van der Waals surface area (Å²) >= 11 is 3.52. The molecule has 0 fully saturated rings. The molecule has 0 bridgehead atoms. The predicted octanol–water partition coefficient (Wildman–Crippen LogP) is 3.35. The number of halogens is 1. The first-order valence-corrected chi connectivity index (χ1v) is 7.18. The van der Waals surface area contributed by atoms with Crippen molar-refractivity contribution in [3.05, 3.63) is 39.1 Å². The van der Waals surface area contributed by atoms with E-state index in [1.165, 1.54) is 11.5 Å². The molecule has 94 valence electrons. The quantitative estimate of drug-likeness (QED) is 0.812. The van der Waals surface area contributed by atoms with Gasteiger partial charge < -0.3 is 10.6 Å². The van der Waals surface area contributed by atoms with Gasteiger partial charge in [0.1, 0.15) is 5.00 Å². The highest BCUT2D eigenvalue weighted by Crippen LogP contribution is 2.25. The molecule has 4 nitrogen and oxygen atoms in total. The van der Waals surface area contributed by atoms with Crippen LogP contribution in [0.4, 0.5) is 10.7 Å². The number of amides is 1. The summed E-state index contributed by atoms with van der Waals surface area (Å²) in [6.07, 6.45) is 0. The lowest BCUT2D eigenvalue weighted by Gasteiger charge is -2.06. The van der Waals surface area contributed by atoms with Crippen LogP contribution in [0.3, 0.4) is 0 Å². The SMILES string of the molecule is CNc1snc(C)c1C(=O)Nc1ccc(I)cc1. The molecule has 0 aliphatic carbocycles. The van der Waals surface area contributed by atoms with Gasteiger partial charge in [0, 0.05) is 16.3 Å². The van der Waals surface area contributed by atoms with Gasteiger partial charge in [-0.1, -0.05) is 0 Å². The minimum Gasteiger partial charge on any atom is -0.378 e. The molecule has 6 heteroatoms. The van der Waals surface area contributed by atoms with E-state index in [2.05, 4.69) is 37.6 Å². The van der Waals surface area contributed by atoms with Crippen molar-refractivity contribution in [1.82, 2.24) is 4.37 Å². The number of rotatable bonds is 3. The molecule has 2 rings (SSSR count). The maximum absolute atomic E-state index is 12.2. The Morgan fingerprint density at radius 1 is 1.33 bits per heavy atom.